The molecule has 2 aliphatic rings. The Morgan fingerprint density at radius 3 is 2.70 bits per heavy atom. The van der Waals surface area contributed by atoms with Crippen molar-refractivity contribution in [1.29, 1.82) is 0 Å². The standard InChI is InChI=1S/C15H21N3O3S2/c19-14(7-13-10-22-5-6-23-13)17-3-1-12(2-4-17)18-9-11(8-16-18)15(20)21/h8-9,12-13H,1-7,10H2,(H,20,21). The van der Waals surface area contributed by atoms with E-state index in [2.05, 4.69) is 5.10 Å². The Morgan fingerprint density at radius 1 is 1.30 bits per heavy atom. The first-order chi connectivity index (χ1) is 11.1. The SMILES string of the molecule is O=C(O)c1cnn(C2CCN(C(=O)CC3CSCCS3)CC2)c1. The van der Waals surface area contributed by atoms with Gasteiger partial charge in [-0.05, 0) is 12.8 Å². The average molecular weight is 355 g/mol. The number of hydrogen-bond acceptors (Lipinski definition) is 5. The zero-order valence-corrected chi connectivity index (χ0v) is 14.5. The van der Waals surface area contributed by atoms with Gasteiger partial charge in [0, 0.05) is 48.2 Å². The largest absolute Gasteiger partial charge is 0.478 e. The van der Waals surface area contributed by atoms with Crippen LogP contribution in [-0.4, -0.2) is 67.3 Å². The lowest BCUT2D eigenvalue weighted by Gasteiger charge is -2.33. The fourth-order valence-corrected chi connectivity index (χ4v) is 5.68. The summed E-state index contributed by atoms with van der Waals surface area (Å²) < 4.78 is 1.74. The summed E-state index contributed by atoms with van der Waals surface area (Å²) in [5, 5.41) is 13.6. The van der Waals surface area contributed by atoms with Crippen LogP contribution in [0, 0.1) is 0 Å². The van der Waals surface area contributed by atoms with Crippen molar-refractivity contribution in [2.75, 3.05) is 30.3 Å². The molecule has 0 bridgehead atoms. The van der Waals surface area contributed by atoms with Crippen molar-refractivity contribution >= 4 is 35.4 Å². The summed E-state index contributed by atoms with van der Waals surface area (Å²) in [5.74, 6) is 2.73. The third-order valence-corrected chi connectivity index (χ3v) is 7.17. The van der Waals surface area contributed by atoms with Crippen molar-refractivity contribution < 1.29 is 14.7 Å². The number of likely N-dealkylation sites (tertiary alicyclic amines) is 1. The number of carboxylic acid groups (broad SMARTS) is 1. The van der Waals surface area contributed by atoms with Gasteiger partial charge >= 0.3 is 5.97 Å². The lowest BCUT2D eigenvalue weighted by molar-refractivity contribution is -0.132. The summed E-state index contributed by atoms with van der Waals surface area (Å²) >= 11 is 3.86. The molecule has 23 heavy (non-hydrogen) atoms. The maximum Gasteiger partial charge on any atom is 0.338 e. The summed E-state index contributed by atoms with van der Waals surface area (Å²) in [5.41, 5.74) is 0.218. The first-order valence-electron chi connectivity index (χ1n) is 7.88. The number of amides is 1. The van der Waals surface area contributed by atoms with E-state index in [1.165, 1.54) is 11.9 Å². The van der Waals surface area contributed by atoms with Crippen molar-refractivity contribution in [2.24, 2.45) is 0 Å². The molecular weight excluding hydrogens is 334 g/mol. The molecule has 0 aromatic carbocycles. The van der Waals surface area contributed by atoms with E-state index < -0.39 is 5.97 Å². The molecule has 1 unspecified atom stereocenters. The summed E-state index contributed by atoms with van der Waals surface area (Å²) in [6, 6.07) is 0.187. The highest BCUT2D eigenvalue weighted by molar-refractivity contribution is 8.06. The molecular formula is C15H21N3O3S2. The van der Waals surface area contributed by atoms with Crippen LogP contribution in [0.5, 0.6) is 0 Å². The van der Waals surface area contributed by atoms with Gasteiger partial charge in [-0.15, -0.1) is 0 Å². The molecule has 0 spiro atoms. The van der Waals surface area contributed by atoms with E-state index in [4.69, 9.17) is 5.11 Å². The fourth-order valence-electron chi connectivity index (χ4n) is 3.01. The molecule has 2 aliphatic heterocycles. The van der Waals surface area contributed by atoms with Gasteiger partial charge in [0.25, 0.3) is 0 Å². The van der Waals surface area contributed by atoms with Crippen LogP contribution >= 0.6 is 23.5 Å². The van der Waals surface area contributed by atoms with E-state index in [1.54, 1.807) is 10.9 Å². The molecule has 6 nitrogen and oxygen atoms in total. The summed E-state index contributed by atoms with van der Waals surface area (Å²) in [4.78, 5) is 25.3. The number of aromatic nitrogens is 2. The number of carboxylic acids is 1. The van der Waals surface area contributed by atoms with Crippen LogP contribution in [0.1, 0.15) is 35.7 Å². The lowest BCUT2D eigenvalue weighted by atomic mass is 10.0. The fraction of sp³-hybridized carbons (Fsp3) is 0.667. The zero-order chi connectivity index (χ0) is 16.2. The Hall–Kier alpha value is -1.15. The summed E-state index contributed by atoms with van der Waals surface area (Å²) in [6.07, 6.45) is 5.28. The molecule has 1 aromatic rings. The maximum absolute atomic E-state index is 12.4. The van der Waals surface area contributed by atoms with Gasteiger partial charge in [-0.25, -0.2) is 4.79 Å². The van der Waals surface area contributed by atoms with Crippen molar-refractivity contribution in [3.8, 4) is 0 Å². The quantitative estimate of drug-likeness (QED) is 0.890. The Labute approximate surface area is 144 Å². The molecule has 1 N–H and O–H groups in total. The molecule has 126 valence electrons. The van der Waals surface area contributed by atoms with Crippen LogP contribution in [0.15, 0.2) is 12.4 Å². The van der Waals surface area contributed by atoms with Crippen LogP contribution in [-0.2, 0) is 4.79 Å². The van der Waals surface area contributed by atoms with Gasteiger partial charge in [-0.3, -0.25) is 9.48 Å². The minimum Gasteiger partial charge on any atom is -0.478 e. The van der Waals surface area contributed by atoms with E-state index in [9.17, 15) is 9.59 Å². The molecule has 0 aliphatic carbocycles. The molecule has 1 amide bonds. The smallest absolute Gasteiger partial charge is 0.338 e. The lowest BCUT2D eigenvalue weighted by Crippen LogP contribution is -2.40. The molecule has 1 aromatic heterocycles. The normalized spacial score (nSPS) is 23.0. The number of rotatable bonds is 4. The van der Waals surface area contributed by atoms with Crippen molar-refractivity contribution in [3.05, 3.63) is 18.0 Å². The molecule has 0 saturated carbocycles. The van der Waals surface area contributed by atoms with E-state index >= 15 is 0 Å². The van der Waals surface area contributed by atoms with Gasteiger partial charge in [0.2, 0.25) is 5.91 Å². The number of carbonyl (C=O) groups is 2. The number of aromatic carboxylic acids is 1. The van der Waals surface area contributed by atoms with Gasteiger partial charge in [0.05, 0.1) is 17.8 Å². The number of piperidine rings is 1. The molecule has 3 heterocycles. The predicted octanol–water partition coefficient (Wildman–Crippen LogP) is 1.98. The predicted molar refractivity (Wildman–Crippen MR) is 92.2 cm³/mol. The van der Waals surface area contributed by atoms with Crippen molar-refractivity contribution in [2.45, 2.75) is 30.6 Å². The first-order valence-corrected chi connectivity index (χ1v) is 10.1. The van der Waals surface area contributed by atoms with Crippen LogP contribution in [0.3, 0.4) is 0 Å². The maximum atomic E-state index is 12.4. The minimum absolute atomic E-state index is 0.187. The number of thioether (sulfide) groups is 2. The van der Waals surface area contributed by atoms with E-state index in [1.807, 2.05) is 28.4 Å². The highest BCUT2D eigenvalue weighted by Gasteiger charge is 2.27. The summed E-state index contributed by atoms with van der Waals surface area (Å²) in [7, 11) is 0. The Balaban J connectivity index is 1.49. The zero-order valence-electron chi connectivity index (χ0n) is 12.9. The third-order valence-electron chi connectivity index (χ3n) is 4.33. The number of nitrogens with zero attached hydrogens (tertiary/aromatic N) is 3. The second-order valence-corrected chi connectivity index (χ2v) is 8.46. The second-order valence-electron chi connectivity index (χ2n) is 5.90. The molecule has 2 fully saturated rings. The highest BCUT2D eigenvalue weighted by Crippen LogP contribution is 2.28. The van der Waals surface area contributed by atoms with Crippen LogP contribution in [0.4, 0.5) is 0 Å². The first kappa shape index (κ1) is 16.7. The average Bonchev–Trinajstić information content (AvgIpc) is 3.06. The van der Waals surface area contributed by atoms with E-state index in [-0.39, 0.29) is 17.5 Å². The van der Waals surface area contributed by atoms with E-state index in [0.717, 1.165) is 37.4 Å². The molecule has 8 heteroatoms. The van der Waals surface area contributed by atoms with Gasteiger partial charge < -0.3 is 10.0 Å². The van der Waals surface area contributed by atoms with Gasteiger partial charge in [0.1, 0.15) is 0 Å². The highest BCUT2D eigenvalue weighted by atomic mass is 32.2. The molecule has 1 atom stereocenters. The molecule has 2 saturated heterocycles. The second kappa shape index (κ2) is 7.61. The monoisotopic (exact) mass is 355 g/mol. The van der Waals surface area contributed by atoms with Crippen LogP contribution in [0.2, 0.25) is 0 Å². The Kier molecular flexibility index (Phi) is 5.53. The Morgan fingerprint density at radius 2 is 2.09 bits per heavy atom. The van der Waals surface area contributed by atoms with Crippen LogP contribution < -0.4 is 0 Å². The number of hydrogen-bond donors (Lipinski definition) is 1. The van der Waals surface area contributed by atoms with Gasteiger partial charge in [-0.2, -0.15) is 28.6 Å². The summed E-state index contributed by atoms with van der Waals surface area (Å²) in [6.45, 7) is 1.46. The minimum atomic E-state index is -0.952. The molecule has 0 radical (unpaired) electrons. The van der Waals surface area contributed by atoms with Crippen molar-refractivity contribution in [1.82, 2.24) is 14.7 Å². The van der Waals surface area contributed by atoms with E-state index in [0.29, 0.717) is 11.7 Å². The number of carbonyl (C=O) groups excluding carboxylic acids is 1. The third kappa shape index (κ3) is 4.23. The Bertz CT molecular complexity index is 564. The van der Waals surface area contributed by atoms with Gasteiger partial charge in [-0.1, -0.05) is 0 Å². The molecule has 3 rings (SSSR count). The van der Waals surface area contributed by atoms with Gasteiger partial charge in [0.15, 0.2) is 0 Å². The topological polar surface area (TPSA) is 75.4 Å². The van der Waals surface area contributed by atoms with Crippen LogP contribution in [0.25, 0.3) is 0 Å². The van der Waals surface area contributed by atoms with Crippen molar-refractivity contribution in [3.63, 3.8) is 0 Å².